The molecule has 2 rings (SSSR count). The third-order valence-corrected chi connectivity index (χ3v) is 3.97. The Kier molecular flexibility index (Phi) is 6.21. The minimum Gasteiger partial charge on any atom is -0.441 e. The molecular weight excluding hydrogens is 370 g/mol. The van der Waals surface area contributed by atoms with Gasteiger partial charge >= 0.3 is 0 Å². The SMILES string of the molecule is CCN(CC)c1ccc(C=C(C#N)C(=O)Nc2ccc(Br)cc2)o1. The highest BCUT2D eigenvalue weighted by atomic mass is 79.9. The van der Waals surface area contributed by atoms with Gasteiger partial charge in [-0.25, -0.2) is 0 Å². The first-order valence-electron chi connectivity index (χ1n) is 7.60. The molecular formula is C18H18BrN3O2. The number of amides is 1. The number of rotatable bonds is 6. The van der Waals surface area contributed by atoms with Crippen molar-refractivity contribution < 1.29 is 9.21 Å². The van der Waals surface area contributed by atoms with E-state index in [0.717, 1.165) is 23.4 Å². The van der Waals surface area contributed by atoms with Crippen LogP contribution in [0.5, 0.6) is 0 Å². The van der Waals surface area contributed by atoms with Crippen molar-refractivity contribution in [3.05, 3.63) is 52.2 Å². The van der Waals surface area contributed by atoms with Crippen molar-refractivity contribution >= 4 is 39.5 Å². The van der Waals surface area contributed by atoms with Crippen LogP contribution in [0.3, 0.4) is 0 Å². The van der Waals surface area contributed by atoms with E-state index in [-0.39, 0.29) is 5.57 Å². The van der Waals surface area contributed by atoms with Crippen LogP contribution in [0, 0.1) is 11.3 Å². The lowest BCUT2D eigenvalue weighted by molar-refractivity contribution is -0.112. The molecule has 1 aromatic carbocycles. The van der Waals surface area contributed by atoms with E-state index in [0.29, 0.717) is 11.4 Å². The van der Waals surface area contributed by atoms with E-state index in [1.54, 1.807) is 18.2 Å². The number of halogens is 1. The number of carbonyl (C=O) groups is 1. The molecule has 1 aromatic heterocycles. The first kappa shape index (κ1) is 17.8. The van der Waals surface area contributed by atoms with Gasteiger partial charge < -0.3 is 14.6 Å². The van der Waals surface area contributed by atoms with Crippen molar-refractivity contribution in [3.8, 4) is 6.07 Å². The average Bonchev–Trinajstić information content (AvgIpc) is 3.04. The first-order valence-corrected chi connectivity index (χ1v) is 8.40. The second-order valence-electron chi connectivity index (χ2n) is 4.98. The van der Waals surface area contributed by atoms with Crippen LogP contribution in [0.1, 0.15) is 19.6 Å². The van der Waals surface area contributed by atoms with Crippen LogP contribution in [0.25, 0.3) is 6.08 Å². The summed E-state index contributed by atoms with van der Waals surface area (Å²) in [6.07, 6.45) is 1.45. The first-order chi connectivity index (χ1) is 11.6. The minimum absolute atomic E-state index is 0.0154. The summed E-state index contributed by atoms with van der Waals surface area (Å²) in [6.45, 7) is 5.71. The molecule has 0 fully saturated rings. The molecule has 0 aliphatic heterocycles. The predicted octanol–water partition coefficient (Wildman–Crippen LogP) is 4.43. The molecule has 0 saturated carbocycles. The highest BCUT2D eigenvalue weighted by Gasteiger charge is 2.12. The fourth-order valence-corrected chi connectivity index (χ4v) is 2.41. The van der Waals surface area contributed by atoms with Crippen molar-refractivity contribution in [2.75, 3.05) is 23.3 Å². The summed E-state index contributed by atoms with van der Waals surface area (Å²) in [6, 6.07) is 12.6. The number of nitriles is 1. The number of furan rings is 1. The highest BCUT2D eigenvalue weighted by molar-refractivity contribution is 9.10. The number of benzene rings is 1. The lowest BCUT2D eigenvalue weighted by atomic mass is 10.2. The second-order valence-corrected chi connectivity index (χ2v) is 5.89. The lowest BCUT2D eigenvalue weighted by Crippen LogP contribution is -2.20. The number of hydrogen-bond donors (Lipinski definition) is 1. The lowest BCUT2D eigenvalue weighted by Gasteiger charge is -2.16. The molecule has 0 spiro atoms. The average molecular weight is 388 g/mol. The van der Waals surface area contributed by atoms with Gasteiger partial charge in [0.25, 0.3) is 5.91 Å². The summed E-state index contributed by atoms with van der Waals surface area (Å²) in [5.74, 6) is 0.719. The Balaban J connectivity index is 2.15. The Morgan fingerprint density at radius 3 is 2.50 bits per heavy atom. The van der Waals surface area contributed by atoms with E-state index < -0.39 is 5.91 Å². The second kappa shape index (κ2) is 8.37. The molecule has 0 saturated heterocycles. The Hall–Kier alpha value is -2.52. The molecule has 24 heavy (non-hydrogen) atoms. The molecule has 0 radical (unpaired) electrons. The Morgan fingerprint density at radius 1 is 1.25 bits per heavy atom. The molecule has 0 aliphatic rings. The molecule has 2 aromatic rings. The molecule has 1 amide bonds. The van der Waals surface area contributed by atoms with Gasteiger partial charge in [0.1, 0.15) is 17.4 Å². The van der Waals surface area contributed by atoms with Crippen LogP contribution in [0.15, 0.2) is 50.9 Å². The molecule has 0 bridgehead atoms. The zero-order valence-electron chi connectivity index (χ0n) is 13.5. The molecule has 0 atom stereocenters. The highest BCUT2D eigenvalue weighted by Crippen LogP contribution is 2.21. The van der Waals surface area contributed by atoms with Gasteiger partial charge in [0, 0.05) is 35.4 Å². The topological polar surface area (TPSA) is 69.3 Å². The zero-order chi connectivity index (χ0) is 17.5. The van der Waals surface area contributed by atoms with Gasteiger partial charge in [-0.05, 0) is 44.2 Å². The summed E-state index contributed by atoms with van der Waals surface area (Å²) in [5.41, 5.74) is 0.603. The van der Waals surface area contributed by atoms with Crippen LogP contribution in [0.4, 0.5) is 11.6 Å². The van der Waals surface area contributed by atoms with Gasteiger partial charge in [-0.1, -0.05) is 15.9 Å². The number of anilines is 2. The molecule has 0 unspecified atom stereocenters. The van der Waals surface area contributed by atoms with Gasteiger partial charge in [0.15, 0.2) is 5.88 Å². The van der Waals surface area contributed by atoms with Crippen LogP contribution in [-0.2, 0) is 4.79 Å². The van der Waals surface area contributed by atoms with E-state index in [4.69, 9.17) is 4.42 Å². The van der Waals surface area contributed by atoms with Gasteiger partial charge in [-0.3, -0.25) is 4.79 Å². The summed E-state index contributed by atoms with van der Waals surface area (Å²) in [7, 11) is 0. The Bertz CT molecular complexity index is 768. The number of nitrogens with zero attached hydrogens (tertiary/aromatic N) is 2. The van der Waals surface area contributed by atoms with E-state index in [2.05, 4.69) is 21.2 Å². The van der Waals surface area contributed by atoms with E-state index in [1.807, 2.05) is 43.0 Å². The van der Waals surface area contributed by atoms with Crippen LogP contribution in [0.2, 0.25) is 0 Å². The quantitative estimate of drug-likeness (QED) is 0.587. The van der Waals surface area contributed by atoms with Crippen LogP contribution < -0.4 is 10.2 Å². The normalized spacial score (nSPS) is 11.0. The minimum atomic E-state index is -0.472. The van der Waals surface area contributed by atoms with Gasteiger partial charge in [0.05, 0.1) is 0 Å². The fourth-order valence-electron chi connectivity index (χ4n) is 2.15. The van der Waals surface area contributed by atoms with Crippen molar-refractivity contribution in [1.82, 2.24) is 0 Å². The molecule has 0 aliphatic carbocycles. The third-order valence-electron chi connectivity index (χ3n) is 3.44. The number of nitrogens with one attached hydrogen (secondary N) is 1. The van der Waals surface area contributed by atoms with Gasteiger partial charge in [0.2, 0.25) is 0 Å². The van der Waals surface area contributed by atoms with E-state index in [9.17, 15) is 10.1 Å². The monoisotopic (exact) mass is 387 g/mol. The van der Waals surface area contributed by atoms with Crippen molar-refractivity contribution in [1.29, 1.82) is 5.26 Å². The van der Waals surface area contributed by atoms with E-state index >= 15 is 0 Å². The van der Waals surface area contributed by atoms with Crippen molar-refractivity contribution in [3.63, 3.8) is 0 Å². The third kappa shape index (κ3) is 4.49. The number of hydrogen-bond acceptors (Lipinski definition) is 4. The fraction of sp³-hybridized carbons (Fsp3) is 0.222. The number of carbonyl (C=O) groups excluding carboxylic acids is 1. The van der Waals surface area contributed by atoms with Crippen molar-refractivity contribution in [2.45, 2.75) is 13.8 Å². The summed E-state index contributed by atoms with van der Waals surface area (Å²) in [5, 5.41) is 11.9. The summed E-state index contributed by atoms with van der Waals surface area (Å²) >= 11 is 3.33. The van der Waals surface area contributed by atoms with Gasteiger partial charge in [-0.15, -0.1) is 0 Å². The van der Waals surface area contributed by atoms with E-state index in [1.165, 1.54) is 6.08 Å². The molecule has 1 N–H and O–H groups in total. The van der Waals surface area contributed by atoms with Crippen molar-refractivity contribution in [2.24, 2.45) is 0 Å². The predicted molar refractivity (Wildman–Crippen MR) is 98.6 cm³/mol. The summed E-state index contributed by atoms with van der Waals surface area (Å²) in [4.78, 5) is 14.3. The molecule has 124 valence electrons. The maximum absolute atomic E-state index is 12.2. The Morgan fingerprint density at radius 2 is 1.92 bits per heavy atom. The molecule has 6 heteroatoms. The van der Waals surface area contributed by atoms with Gasteiger partial charge in [-0.2, -0.15) is 5.26 Å². The zero-order valence-corrected chi connectivity index (χ0v) is 15.1. The largest absolute Gasteiger partial charge is 0.441 e. The standard InChI is InChI=1S/C18H18BrN3O2/c1-3-22(4-2)17-10-9-16(24-17)11-13(12-20)18(23)21-15-7-5-14(19)6-8-15/h5-11H,3-4H2,1-2H3,(H,21,23). The smallest absolute Gasteiger partial charge is 0.266 e. The maximum Gasteiger partial charge on any atom is 0.266 e. The van der Waals surface area contributed by atoms with Crippen LogP contribution in [-0.4, -0.2) is 19.0 Å². The summed E-state index contributed by atoms with van der Waals surface area (Å²) < 4.78 is 6.60. The Labute approximate surface area is 149 Å². The molecule has 1 heterocycles. The molecule has 5 nitrogen and oxygen atoms in total. The maximum atomic E-state index is 12.2. The van der Waals surface area contributed by atoms with Crippen LogP contribution >= 0.6 is 15.9 Å².